The highest BCUT2D eigenvalue weighted by Crippen LogP contribution is 2.29. The molecule has 0 radical (unpaired) electrons. The maximum Gasteiger partial charge on any atom is 0.246 e. The number of nitrogens with two attached hydrogens (primary N) is 2. The molecule has 8 heteroatoms. The monoisotopic (exact) mass is 368 g/mol. The summed E-state index contributed by atoms with van der Waals surface area (Å²) in [5.74, 6) is -1.55. The standard InChI is InChI=1S/C17H24N4O3.ClH/c1-10(2)15(18)17(24)20-8-14(22)21-9-12(16(19)23)7-11-5-3-4-6-13(11)21;/h3-6,10,12,15H,7-9,18H2,1-2H3,(H2,19,23)(H,20,24);1H/t12?,15-;/m0./s1. The van der Waals surface area contributed by atoms with Crippen molar-refractivity contribution in [2.45, 2.75) is 26.3 Å². The van der Waals surface area contributed by atoms with E-state index in [0.29, 0.717) is 6.42 Å². The predicted octanol–water partition coefficient (Wildman–Crippen LogP) is 0.199. The van der Waals surface area contributed by atoms with Gasteiger partial charge in [0, 0.05) is 12.2 Å². The first-order valence-corrected chi connectivity index (χ1v) is 8.02. The Bertz CT molecular complexity index is 651. The Morgan fingerprint density at radius 2 is 1.92 bits per heavy atom. The molecule has 0 saturated heterocycles. The minimum atomic E-state index is -0.662. The Kier molecular flexibility index (Phi) is 7.38. The van der Waals surface area contributed by atoms with Gasteiger partial charge in [0.2, 0.25) is 17.7 Å². The summed E-state index contributed by atoms with van der Waals surface area (Å²) in [6.45, 7) is 3.73. The fourth-order valence-corrected chi connectivity index (χ4v) is 2.70. The lowest BCUT2D eigenvalue weighted by molar-refractivity contribution is -0.127. The van der Waals surface area contributed by atoms with Gasteiger partial charge in [0.25, 0.3) is 0 Å². The van der Waals surface area contributed by atoms with Gasteiger partial charge in [-0.1, -0.05) is 32.0 Å². The second kappa shape index (κ2) is 8.82. The molecule has 2 rings (SSSR count). The number of benzene rings is 1. The summed E-state index contributed by atoms with van der Waals surface area (Å²) in [6, 6.07) is 6.72. The van der Waals surface area contributed by atoms with Crippen LogP contribution in [0.3, 0.4) is 0 Å². The molecule has 1 aliphatic heterocycles. The summed E-state index contributed by atoms with van der Waals surface area (Å²) in [4.78, 5) is 37.5. The first-order chi connectivity index (χ1) is 11.3. The Morgan fingerprint density at radius 3 is 2.52 bits per heavy atom. The lowest BCUT2D eigenvalue weighted by Crippen LogP contribution is -2.50. The van der Waals surface area contributed by atoms with Gasteiger partial charge in [0.1, 0.15) is 0 Å². The Morgan fingerprint density at radius 1 is 1.28 bits per heavy atom. The maximum atomic E-state index is 12.5. The first-order valence-electron chi connectivity index (χ1n) is 8.02. The van der Waals surface area contributed by atoms with Crippen LogP contribution < -0.4 is 21.7 Å². The fourth-order valence-electron chi connectivity index (χ4n) is 2.70. The molecular formula is C17H25ClN4O3. The van der Waals surface area contributed by atoms with Gasteiger partial charge in [0.05, 0.1) is 18.5 Å². The molecule has 0 aliphatic carbocycles. The van der Waals surface area contributed by atoms with Gasteiger partial charge >= 0.3 is 0 Å². The summed E-state index contributed by atoms with van der Waals surface area (Å²) in [6.07, 6.45) is 0.514. The van der Waals surface area contributed by atoms with Crippen LogP contribution in [0.4, 0.5) is 5.69 Å². The molecule has 3 amide bonds. The molecule has 0 saturated carbocycles. The third-order valence-corrected chi connectivity index (χ3v) is 4.29. The quantitative estimate of drug-likeness (QED) is 0.687. The van der Waals surface area contributed by atoms with E-state index in [9.17, 15) is 14.4 Å². The molecular weight excluding hydrogens is 344 g/mol. The number of hydrogen-bond donors (Lipinski definition) is 3. The lowest BCUT2D eigenvalue weighted by Gasteiger charge is -2.33. The topological polar surface area (TPSA) is 119 Å². The second-order valence-corrected chi connectivity index (χ2v) is 6.42. The van der Waals surface area contributed by atoms with E-state index in [1.54, 1.807) is 0 Å². The van der Waals surface area contributed by atoms with Crippen LogP contribution in [0.1, 0.15) is 19.4 Å². The van der Waals surface area contributed by atoms with E-state index in [4.69, 9.17) is 11.5 Å². The number of halogens is 1. The van der Waals surface area contributed by atoms with Crippen LogP contribution in [0.25, 0.3) is 0 Å². The summed E-state index contributed by atoms with van der Waals surface area (Å²) >= 11 is 0. The minimum absolute atomic E-state index is 0. The van der Waals surface area contributed by atoms with Crippen molar-refractivity contribution in [3.05, 3.63) is 29.8 Å². The second-order valence-electron chi connectivity index (χ2n) is 6.42. The molecule has 1 aromatic carbocycles. The Balaban J connectivity index is 0.00000312. The fraction of sp³-hybridized carbons (Fsp3) is 0.471. The summed E-state index contributed by atoms with van der Waals surface area (Å²) in [7, 11) is 0. The zero-order valence-corrected chi connectivity index (χ0v) is 15.2. The van der Waals surface area contributed by atoms with Gasteiger partial charge in [-0.05, 0) is 24.0 Å². The highest BCUT2D eigenvalue weighted by atomic mass is 35.5. The van der Waals surface area contributed by atoms with Gasteiger partial charge in [-0.2, -0.15) is 0 Å². The molecule has 0 fully saturated rings. The molecule has 1 heterocycles. The van der Waals surface area contributed by atoms with Crippen molar-refractivity contribution in [2.24, 2.45) is 23.3 Å². The zero-order valence-electron chi connectivity index (χ0n) is 14.4. The summed E-state index contributed by atoms with van der Waals surface area (Å²) in [5.41, 5.74) is 12.8. The largest absolute Gasteiger partial charge is 0.369 e. The Hall–Kier alpha value is -2.12. The smallest absolute Gasteiger partial charge is 0.246 e. The van der Waals surface area contributed by atoms with Crippen LogP contribution >= 0.6 is 12.4 Å². The molecule has 5 N–H and O–H groups in total. The number of nitrogens with zero attached hydrogens (tertiary/aromatic N) is 1. The SMILES string of the molecule is CC(C)[C@H](N)C(=O)NCC(=O)N1CC(C(N)=O)Cc2ccccc21.Cl. The van der Waals surface area contributed by atoms with Gasteiger partial charge in [-0.15, -0.1) is 12.4 Å². The highest BCUT2D eigenvalue weighted by molar-refractivity contribution is 5.99. The average Bonchev–Trinajstić information content (AvgIpc) is 2.57. The summed E-state index contributed by atoms with van der Waals surface area (Å²) in [5, 5.41) is 2.56. The van der Waals surface area contributed by atoms with Gasteiger partial charge in [-0.3, -0.25) is 14.4 Å². The molecule has 0 spiro atoms. The number of fused-ring (bicyclic) bond motifs is 1. The van der Waals surface area contributed by atoms with E-state index >= 15 is 0 Å². The lowest BCUT2D eigenvalue weighted by atomic mass is 9.92. The van der Waals surface area contributed by atoms with Gasteiger partial charge in [-0.25, -0.2) is 0 Å². The number of hydrogen-bond acceptors (Lipinski definition) is 4. The van der Waals surface area contributed by atoms with E-state index in [1.165, 1.54) is 4.90 Å². The van der Waals surface area contributed by atoms with Gasteiger partial charge < -0.3 is 21.7 Å². The predicted molar refractivity (Wildman–Crippen MR) is 98.3 cm³/mol. The molecule has 0 bridgehead atoms. The van der Waals surface area contributed by atoms with E-state index in [-0.39, 0.29) is 43.2 Å². The van der Waals surface area contributed by atoms with Crippen LogP contribution in [0.5, 0.6) is 0 Å². The third-order valence-electron chi connectivity index (χ3n) is 4.29. The number of amides is 3. The van der Waals surface area contributed by atoms with Crippen LogP contribution in [-0.2, 0) is 20.8 Å². The van der Waals surface area contributed by atoms with Crippen molar-refractivity contribution >= 4 is 35.8 Å². The van der Waals surface area contributed by atoms with Crippen LogP contribution in [-0.4, -0.2) is 36.9 Å². The number of anilines is 1. The molecule has 1 aliphatic rings. The molecule has 1 aromatic rings. The first kappa shape index (κ1) is 20.9. The van der Waals surface area contributed by atoms with Crippen molar-refractivity contribution in [1.82, 2.24) is 5.32 Å². The number of carbonyl (C=O) groups excluding carboxylic acids is 3. The van der Waals surface area contributed by atoms with Gasteiger partial charge in [0.15, 0.2) is 0 Å². The van der Waals surface area contributed by atoms with E-state index in [0.717, 1.165) is 11.3 Å². The molecule has 2 atom stereocenters. The van der Waals surface area contributed by atoms with E-state index < -0.39 is 17.9 Å². The van der Waals surface area contributed by atoms with E-state index in [1.807, 2.05) is 38.1 Å². The molecule has 1 unspecified atom stereocenters. The third kappa shape index (κ3) is 4.93. The maximum absolute atomic E-state index is 12.5. The van der Waals surface area contributed by atoms with Crippen molar-refractivity contribution in [3.63, 3.8) is 0 Å². The number of primary amides is 1. The zero-order chi connectivity index (χ0) is 17.9. The molecule has 138 valence electrons. The van der Waals surface area contributed by atoms with Crippen LogP contribution in [0.15, 0.2) is 24.3 Å². The van der Waals surface area contributed by atoms with Crippen molar-refractivity contribution in [3.8, 4) is 0 Å². The van der Waals surface area contributed by atoms with Crippen molar-refractivity contribution in [2.75, 3.05) is 18.0 Å². The number of carbonyl (C=O) groups is 3. The van der Waals surface area contributed by atoms with Crippen molar-refractivity contribution in [1.29, 1.82) is 0 Å². The normalized spacial score (nSPS) is 17.3. The minimum Gasteiger partial charge on any atom is -0.369 e. The molecule has 0 aromatic heterocycles. The van der Waals surface area contributed by atoms with E-state index in [2.05, 4.69) is 5.32 Å². The number of nitrogens with one attached hydrogen (secondary N) is 1. The summed E-state index contributed by atoms with van der Waals surface area (Å²) < 4.78 is 0. The van der Waals surface area contributed by atoms with Crippen LogP contribution in [0.2, 0.25) is 0 Å². The number of para-hydroxylation sites is 1. The molecule has 7 nitrogen and oxygen atoms in total. The van der Waals surface area contributed by atoms with Crippen LogP contribution in [0, 0.1) is 11.8 Å². The van der Waals surface area contributed by atoms with Crippen molar-refractivity contribution < 1.29 is 14.4 Å². The highest BCUT2D eigenvalue weighted by Gasteiger charge is 2.31. The molecule has 25 heavy (non-hydrogen) atoms. The average molecular weight is 369 g/mol. The Labute approximate surface area is 153 Å². The number of rotatable bonds is 5.